The first-order chi connectivity index (χ1) is 16.3. The summed E-state index contributed by atoms with van der Waals surface area (Å²) in [6, 6.07) is 15.3. The van der Waals surface area contributed by atoms with Gasteiger partial charge in [-0.05, 0) is 86.4 Å². The molecule has 3 heteroatoms. The minimum absolute atomic E-state index is 0.333. The average molecular weight is 450 g/mol. The molecule has 1 radical (unpaired) electrons. The standard InChI is InChI=1S/C30H41O3/c1-2-3-4-5-6-7-8-9-13-24-32-28-20-18-27(19-21-28)30(31)33-29-22-16-26(17-23-29)25-14-11-10-12-15-25/h10,16-23,25H,2-9,11-15,24H2,1H3. The normalized spacial score (nSPS) is 14.2. The van der Waals surface area contributed by atoms with Gasteiger partial charge >= 0.3 is 5.97 Å². The molecule has 179 valence electrons. The summed E-state index contributed by atoms with van der Waals surface area (Å²) in [4.78, 5) is 12.5. The maximum atomic E-state index is 12.5. The third-order valence-corrected chi connectivity index (χ3v) is 6.61. The number of unbranched alkanes of at least 4 members (excludes halogenated alkanes) is 8. The zero-order valence-corrected chi connectivity index (χ0v) is 20.4. The zero-order chi connectivity index (χ0) is 23.1. The predicted molar refractivity (Wildman–Crippen MR) is 136 cm³/mol. The smallest absolute Gasteiger partial charge is 0.343 e. The average Bonchev–Trinajstić information content (AvgIpc) is 2.86. The summed E-state index contributed by atoms with van der Waals surface area (Å²) in [6.45, 7) is 2.99. The lowest BCUT2D eigenvalue weighted by Crippen LogP contribution is -2.09. The monoisotopic (exact) mass is 449 g/mol. The van der Waals surface area contributed by atoms with E-state index in [-0.39, 0.29) is 5.97 Å². The molecule has 0 unspecified atom stereocenters. The van der Waals surface area contributed by atoms with Crippen LogP contribution in [0.25, 0.3) is 0 Å². The summed E-state index contributed by atoms with van der Waals surface area (Å²) in [7, 11) is 0. The molecule has 1 aliphatic rings. The minimum atomic E-state index is -0.333. The number of ether oxygens (including phenoxy) is 2. The highest BCUT2D eigenvalue weighted by Crippen LogP contribution is 2.33. The number of rotatable bonds is 14. The van der Waals surface area contributed by atoms with E-state index in [0.29, 0.717) is 17.2 Å². The van der Waals surface area contributed by atoms with Crippen molar-refractivity contribution in [3.05, 3.63) is 66.1 Å². The topological polar surface area (TPSA) is 35.5 Å². The van der Waals surface area contributed by atoms with Crippen molar-refractivity contribution in [1.82, 2.24) is 0 Å². The first-order valence-corrected chi connectivity index (χ1v) is 13.1. The number of benzene rings is 2. The minimum Gasteiger partial charge on any atom is -0.494 e. The van der Waals surface area contributed by atoms with Crippen LogP contribution in [-0.4, -0.2) is 12.6 Å². The van der Waals surface area contributed by atoms with E-state index in [4.69, 9.17) is 9.47 Å². The second-order valence-corrected chi connectivity index (χ2v) is 9.30. The van der Waals surface area contributed by atoms with Crippen LogP contribution in [-0.2, 0) is 0 Å². The Morgan fingerprint density at radius 1 is 0.758 bits per heavy atom. The van der Waals surface area contributed by atoms with Gasteiger partial charge in [0.05, 0.1) is 12.2 Å². The Bertz CT molecular complexity index is 788. The summed E-state index contributed by atoms with van der Waals surface area (Å²) in [5.74, 6) is 1.69. The van der Waals surface area contributed by atoms with Crippen molar-refractivity contribution in [2.75, 3.05) is 6.61 Å². The summed E-state index contributed by atoms with van der Waals surface area (Å²) >= 11 is 0. The molecule has 3 rings (SSSR count). The Kier molecular flexibility index (Phi) is 11.3. The fourth-order valence-electron chi connectivity index (χ4n) is 4.52. The molecule has 0 aliphatic heterocycles. The predicted octanol–water partition coefficient (Wildman–Crippen LogP) is 8.68. The first-order valence-electron chi connectivity index (χ1n) is 13.1. The Labute approximate surface area is 200 Å². The van der Waals surface area contributed by atoms with Crippen molar-refractivity contribution in [2.24, 2.45) is 0 Å². The number of hydrogen-bond acceptors (Lipinski definition) is 3. The van der Waals surface area contributed by atoms with Gasteiger partial charge in [-0.3, -0.25) is 0 Å². The fourth-order valence-corrected chi connectivity index (χ4v) is 4.52. The molecule has 0 spiro atoms. The molecule has 33 heavy (non-hydrogen) atoms. The summed E-state index contributed by atoms with van der Waals surface area (Å²) in [6.07, 6.45) is 18.9. The van der Waals surface area contributed by atoms with Crippen molar-refractivity contribution in [2.45, 2.75) is 96.3 Å². The molecule has 0 amide bonds. The highest BCUT2D eigenvalue weighted by atomic mass is 16.5. The van der Waals surface area contributed by atoms with Crippen molar-refractivity contribution < 1.29 is 14.3 Å². The second kappa shape index (κ2) is 14.8. The van der Waals surface area contributed by atoms with Gasteiger partial charge in [0.1, 0.15) is 11.5 Å². The highest BCUT2D eigenvalue weighted by Gasteiger charge is 2.16. The molecule has 1 fully saturated rings. The van der Waals surface area contributed by atoms with Crippen LogP contribution < -0.4 is 9.47 Å². The van der Waals surface area contributed by atoms with E-state index >= 15 is 0 Å². The van der Waals surface area contributed by atoms with E-state index in [0.717, 1.165) is 18.8 Å². The molecule has 0 aromatic heterocycles. The van der Waals surface area contributed by atoms with Crippen molar-refractivity contribution in [3.63, 3.8) is 0 Å². The van der Waals surface area contributed by atoms with Gasteiger partial charge in [0, 0.05) is 0 Å². The molecule has 0 bridgehead atoms. The molecule has 0 atom stereocenters. The third kappa shape index (κ3) is 9.23. The Hall–Kier alpha value is -2.29. The van der Waals surface area contributed by atoms with E-state index in [2.05, 4.69) is 25.5 Å². The maximum absolute atomic E-state index is 12.5. The number of hydrogen-bond donors (Lipinski definition) is 0. The van der Waals surface area contributed by atoms with Gasteiger partial charge in [-0.2, -0.15) is 0 Å². The summed E-state index contributed by atoms with van der Waals surface area (Å²) in [5.41, 5.74) is 1.88. The van der Waals surface area contributed by atoms with Crippen molar-refractivity contribution >= 4 is 5.97 Å². The molecule has 0 saturated heterocycles. The third-order valence-electron chi connectivity index (χ3n) is 6.61. The molecule has 2 aromatic rings. The maximum Gasteiger partial charge on any atom is 0.343 e. The largest absolute Gasteiger partial charge is 0.494 e. The molecule has 0 N–H and O–H groups in total. The van der Waals surface area contributed by atoms with Gasteiger partial charge in [-0.1, -0.05) is 70.4 Å². The second-order valence-electron chi connectivity index (χ2n) is 9.30. The molecule has 1 aliphatic carbocycles. The SMILES string of the molecule is CCCCCCCCCCCOc1ccc(C(=O)Oc2ccc(C3CC[CH]CC3)cc2)cc1. The fraction of sp³-hybridized carbons (Fsp3) is 0.533. The van der Waals surface area contributed by atoms with Crippen LogP contribution in [0.15, 0.2) is 48.5 Å². The highest BCUT2D eigenvalue weighted by molar-refractivity contribution is 5.91. The lowest BCUT2D eigenvalue weighted by Gasteiger charge is -2.21. The van der Waals surface area contributed by atoms with Crippen LogP contribution >= 0.6 is 0 Å². The van der Waals surface area contributed by atoms with Gasteiger partial charge in [-0.15, -0.1) is 0 Å². The Balaban J connectivity index is 1.32. The lowest BCUT2D eigenvalue weighted by molar-refractivity contribution is 0.0734. The van der Waals surface area contributed by atoms with Crippen LogP contribution in [0.4, 0.5) is 0 Å². The zero-order valence-electron chi connectivity index (χ0n) is 20.4. The molecule has 0 heterocycles. The molecule has 1 saturated carbocycles. The molecular formula is C30H41O3. The summed E-state index contributed by atoms with van der Waals surface area (Å²) in [5, 5.41) is 0. The van der Waals surface area contributed by atoms with E-state index < -0.39 is 0 Å². The van der Waals surface area contributed by atoms with Crippen LogP contribution in [0.5, 0.6) is 11.5 Å². The van der Waals surface area contributed by atoms with Crippen LogP contribution in [0.1, 0.15) is 112 Å². The quantitative estimate of drug-likeness (QED) is 0.164. The Morgan fingerprint density at radius 3 is 1.97 bits per heavy atom. The van der Waals surface area contributed by atoms with Gasteiger partial charge in [0.25, 0.3) is 0 Å². The van der Waals surface area contributed by atoms with Crippen LogP contribution in [0.3, 0.4) is 0 Å². The van der Waals surface area contributed by atoms with E-state index in [1.54, 1.807) is 12.1 Å². The lowest BCUT2D eigenvalue weighted by atomic mass is 9.84. The molecule has 2 aromatic carbocycles. The molecular weight excluding hydrogens is 408 g/mol. The first kappa shape index (κ1) is 25.3. The Morgan fingerprint density at radius 2 is 1.33 bits per heavy atom. The van der Waals surface area contributed by atoms with E-state index in [1.807, 2.05) is 24.3 Å². The van der Waals surface area contributed by atoms with Gasteiger partial charge in [0.15, 0.2) is 0 Å². The number of esters is 1. The molecule has 3 nitrogen and oxygen atoms in total. The van der Waals surface area contributed by atoms with Gasteiger partial charge in [0.2, 0.25) is 0 Å². The van der Waals surface area contributed by atoms with Gasteiger partial charge in [-0.25, -0.2) is 4.79 Å². The van der Waals surface area contributed by atoms with Crippen LogP contribution in [0, 0.1) is 6.42 Å². The van der Waals surface area contributed by atoms with Gasteiger partial charge < -0.3 is 9.47 Å². The number of carbonyl (C=O) groups excluding carboxylic acids is 1. The van der Waals surface area contributed by atoms with E-state index in [9.17, 15) is 4.79 Å². The van der Waals surface area contributed by atoms with Crippen molar-refractivity contribution in [3.8, 4) is 11.5 Å². The van der Waals surface area contributed by atoms with Crippen molar-refractivity contribution in [1.29, 1.82) is 0 Å². The summed E-state index contributed by atoms with van der Waals surface area (Å²) < 4.78 is 11.4. The number of carbonyl (C=O) groups is 1. The van der Waals surface area contributed by atoms with E-state index in [1.165, 1.54) is 82.6 Å². The van der Waals surface area contributed by atoms with Crippen LogP contribution in [0.2, 0.25) is 0 Å².